The number of carbonyl (C=O) groups excluding carboxylic acids is 3. The van der Waals surface area contributed by atoms with Crippen molar-refractivity contribution in [1.82, 2.24) is 20.9 Å². The lowest BCUT2D eigenvalue weighted by atomic mass is 9.74. The first-order valence-electron chi connectivity index (χ1n) is 13.4. The first kappa shape index (κ1) is 27.3. The van der Waals surface area contributed by atoms with Crippen molar-refractivity contribution in [1.29, 1.82) is 0 Å². The van der Waals surface area contributed by atoms with Crippen molar-refractivity contribution in [3.8, 4) is 0 Å². The fourth-order valence-corrected chi connectivity index (χ4v) is 7.12. The van der Waals surface area contributed by atoms with Crippen LogP contribution in [0.5, 0.6) is 0 Å². The van der Waals surface area contributed by atoms with E-state index in [1.807, 2.05) is 6.92 Å². The zero-order valence-electron chi connectivity index (χ0n) is 21.6. The number of halogens is 1. The SMILES string of the molecule is CCN(C1CCC(NC(C)=O)CC1)C1CC(Cl)CC(C(=O)NCC2C(=O)NC(C)CC2C)C1C. The summed E-state index contributed by atoms with van der Waals surface area (Å²) in [6.07, 6.45) is 6.62. The molecule has 0 radical (unpaired) electrons. The molecule has 3 aliphatic rings. The summed E-state index contributed by atoms with van der Waals surface area (Å²) in [6, 6.07) is 1.19. The van der Waals surface area contributed by atoms with Crippen LogP contribution in [0.1, 0.15) is 79.6 Å². The number of nitrogens with zero attached hydrogens (tertiary/aromatic N) is 1. The van der Waals surface area contributed by atoms with Gasteiger partial charge in [0.1, 0.15) is 0 Å². The highest BCUT2D eigenvalue weighted by Crippen LogP contribution is 2.38. The molecule has 2 aliphatic carbocycles. The minimum absolute atomic E-state index is 0.0283. The van der Waals surface area contributed by atoms with Crippen LogP contribution in [0, 0.1) is 23.7 Å². The second kappa shape index (κ2) is 12.1. The number of nitrogens with one attached hydrogen (secondary N) is 3. The van der Waals surface area contributed by atoms with E-state index in [0.717, 1.165) is 45.1 Å². The molecule has 1 aliphatic heterocycles. The molecule has 0 aromatic heterocycles. The van der Waals surface area contributed by atoms with Crippen molar-refractivity contribution in [3.05, 3.63) is 0 Å². The second-order valence-electron chi connectivity index (χ2n) is 11.1. The van der Waals surface area contributed by atoms with Crippen LogP contribution in [-0.4, -0.2) is 65.3 Å². The number of alkyl halides is 1. The molecule has 34 heavy (non-hydrogen) atoms. The summed E-state index contributed by atoms with van der Waals surface area (Å²) in [5.74, 6) is 0.255. The van der Waals surface area contributed by atoms with Gasteiger partial charge in [-0.05, 0) is 70.3 Å². The summed E-state index contributed by atoms with van der Waals surface area (Å²) in [5, 5.41) is 9.17. The number of hydrogen-bond donors (Lipinski definition) is 3. The van der Waals surface area contributed by atoms with Crippen LogP contribution in [0.25, 0.3) is 0 Å². The molecule has 3 N–H and O–H groups in total. The maximum absolute atomic E-state index is 13.3. The van der Waals surface area contributed by atoms with Gasteiger partial charge in [0.2, 0.25) is 17.7 Å². The monoisotopic (exact) mass is 496 g/mol. The zero-order valence-corrected chi connectivity index (χ0v) is 22.4. The minimum atomic E-state index is -0.174. The molecule has 2 saturated carbocycles. The van der Waals surface area contributed by atoms with E-state index in [0.29, 0.717) is 19.0 Å². The predicted octanol–water partition coefficient (Wildman–Crippen LogP) is 3.05. The van der Waals surface area contributed by atoms with E-state index in [4.69, 9.17) is 11.6 Å². The molecule has 1 heterocycles. The average molecular weight is 497 g/mol. The predicted molar refractivity (Wildman–Crippen MR) is 135 cm³/mol. The number of hydrogen-bond acceptors (Lipinski definition) is 4. The topological polar surface area (TPSA) is 90.5 Å². The summed E-state index contributed by atoms with van der Waals surface area (Å²) in [7, 11) is 0. The molecule has 8 heteroatoms. The standard InChI is InChI=1S/C26H45ClN4O3/c1-6-31(21-9-7-20(8-10-21)30-18(5)32)24-13-19(27)12-22(17(24)4)25(33)28-14-23-15(2)11-16(3)29-26(23)34/h15-17,19-24H,6-14H2,1-5H3,(H,28,33)(H,29,34)(H,30,32). The van der Waals surface area contributed by atoms with Gasteiger partial charge in [-0.15, -0.1) is 11.6 Å². The lowest BCUT2D eigenvalue weighted by molar-refractivity contribution is -0.132. The lowest BCUT2D eigenvalue weighted by Crippen LogP contribution is -2.56. The lowest BCUT2D eigenvalue weighted by Gasteiger charge is -2.48. The third kappa shape index (κ3) is 6.66. The Balaban J connectivity index is 1.60. The summed E-state index contributed by atoms with van der Waals surface area (Å²) in [4.78, 5) is 39.7. The summed E-state index contributed by atoms with van der Waals surface area (Å²) < 4.78 is 0. The third-order valence-electron chi connectivity index (χ3n) is 8.58. The quantitative estimate of drug-likeness (QED) is 0.472. The molecule has 0 aromatic carbocycles. The Morgan fingerprint density at radius 2 is 1.76 bits per heavy atom. The number of piperidine rings is 1. The average Bonchev–Trinajstić information content (AvgIpc) is 2.76. The minimum Gasteiger partial charge on any atom is -0.355 e. The summed E-state index contributed by atoms with van der Waals surface area (Å²) >= 11 is 6.73. The first-order chi connectivity index (χ1) is 16.1. The van der Waals surface area contributed by atoms with E-state index in [9.17, 15) is 14.4 Å². The molecule has 0 bridgehead atoms. The fourth-order valence-electron chi connectivity index (χ4n) is 6.74. The van der Waals surface area contributed by atoms with Gasteiger partial charge in [-0.25, -0.2) is 0 Å². The van der Waals surface area contributed by atoms with Gasteiger partial charge in [-0.1, -0.05) is 20.8 Å². The highest BCUT2D eigenvalue weighted by atomic mass is 35.5. The van der Waals surface area contributed by atoms with Crippen molar-refractivity contribution in [2.24, 2.45) is 23.7 Å². The largest absolute Gasteiger partial charge is 0.355 e. The van der Waals surface area contributed by atoms with Crippen LogP contribution in [0.15, 0.2) is 0 Å². The van der Waals surface area contributed by atoms with Gasteiger partial charge < -0.3 is 16.0 Å². The number of carbonyl (C=O) groups is 3. The molecule has 3 fully saturated rings. The van der Waals surface area contributed by atoms with E-state index >= 15 is 0 Å². The Labute approximate surface area is 210 Å². The van der Waals surface area contributed by atoms with Crippen LogP contribution in [-0.2, 0) is 14.4 Å². The molecular weight excluding hydrogens is 452 g/mol. The molecule has 0 aromatic rings. The smallest absolute Gasteiger partial charge is 0.225 e. The van der Waals surface area contributed by atoms with Crippen LogP contribution >= 0.6 is 11.6 Å². The van der Waals surface area contributed by atoms with Crippen LogP contribution in [0.3, 0.4) is 0 Å². The maximum Gasteiger partial charge on any atom is 0.225 e. The highest BCUT2D eigenvalue weighted by molar-refractivity contribution is 6.20. The van der Waals surface area contributed by atoms with Gasteiger partial charge in [0.05, 0.1) is 5.92 Å². The van der Waals surface area contributed by atoms with Crippen molar-refractivity contribution >= 4 is 29.3 Å². The Morgan fingerprint density at radius 3 is 2.35 bits per heavy atom. The molecule has 1 saturated heterocycles. The summed E-state index contributed by atoms with van der Waals surface area (Å²) in [5.41, 5.74) is 0. The van der Waals surface area contributed by atoms with E-state index in [1.54, 1.807) is 6.92 Å². The Kier molecular flexibility index (Phi) is 9.67. The fraction of sp³-hybridized carbons (Fsp3) is 0.885. The van der Waals surface area contributed by atoms with Gasteiger partial charge in [0.15, 0.2) is 0 Å². The third-order valence-corrected chi connectivity index (χ3v) is 8.94. The molecule has 3 amide bonds. The van der Waals surface area contributed by atoms with Crippen molar-refractivity contribution in [3.63, 3.8) is 0 Å². The zero-order chi connectivity index (χ0) is 25.0. The molecule has 3 rings (SSSR count). The second-order valence-corrected chi connectivity index (χ2v) is 11.7. The van der Waals surface area contributed by atoms with E-state index in [1.165, 1.54) is 0 Å². The van der Waals surface area contributed by atoms with Crippen LogP contribution in [0.2, 0.25) is 0 Å². The van der Waals surface area contributed by atoms with Gasteiger partial charge >= 0.3 is 0 Å². The van der Waals surface area contributed by atoms with Crippen molar-refractivity contribution in [2.45, 2.75) is 109 Å². The van der Waals surface area contributed by atoms with Crippen LogP contribution in [0.4, 0.5) is 0 Å². The Bertz CT molecular complexity index is 727. The summed E-state index contributed by atoms with van der Waals surface area (Å²) in [6.45, 7) is 11.4. The Morgan fingerprint density at radius 1 is 1.09 bits per heavy atom. The first-order valence-corrected chi connectivity index (χ1v) is 13.8. The molecule has 7 nitrogen and oxygen atoms in total. The van der Waals surface area contributed by atoms with Gasteiger partial charge in [0.25, 0.3) is 0 Å². The number of rotatable bonds is 7. The highest BCUT2D eigenvalue weighted by Gasteiger charge is 2.43. The molecule has 7 atom stereocenters. The molecular formula is C26H45ClN4O3. The van der Waals surface area contributed by atoms with Crippen molar-refractivity contribution in [2.75, 3.05) is 13.1 Å². The molecule has 194 valence electrons. The maximum atomic E-state index is 13.3. The normalized spacial score (nSPS) is 38.8. The Hall–Kier alpha value is -1.34. The van der Waals surface area contributed by atoms with E-state index in [2.05, 4.69) is 41.6 Å². The van der Waals surface area contributed by atoms with Gasteiger partial charge in [-0.2, -0.15) is 0 Å². The van der Waals surface area contributed by atoms with Crippen LogP contribution < -0.4 is 16.0 Å². The van der Waals surface area contributed by atoms with E-state index < -0.39 is 0 Å². The number of amides is 3. The van der Waals surface area contributed by atoms with E-state index in [-0.39, 0.29) is 64.9 Å². The molecule has 0 spiro atoms. The van der Waals surface area contributed by atoms with Gasteiger partial charge in [0, 0.05) is 48.9 Å². The van der Waals surface area contributed by atoms with Gasteiger partial charge in [-0.3, -0.25) is 19.3 Å². The molecule has 7 unspecified atom stereocenters. The van der Waals surface area contributed by atoms with Crippen molar-refractivity contribution < 1.29 is 14.4 Å².